The van der Waals surface area contributed by atoms with Crippen LogP contribution in [0.25, 0.3) is 5.69 Å². The summed E-state index contributed by atoms with van der Waals surface area (Å²) in [4.78, 5) is 12.3. The normalized spacial score (nSPS) is 21.0. The Morgan fingerprint density at radius 1 is 1.36 bits per heavy atom. The predicted molar refractivity (Wildman–Crippen MR) is 88.8 cm³/mol. The number of benzene rings is 1. The van der Waals surface area contributed by atoms with Crippen LogP contribution in [0.1, 0.15) is 30.1 Å². The molecular weight excluding hydrogens is 300 g/mol. The van der Waals surface area contributed by atoms with Crippen molar-refractivity contribution >= 4 is 18.3 Å². The van der Waals surface area contributed by atoms with E-state index in [1.54, 1.807) is 10.9 Å². The first-order valence-corrected chi connectivity index (χ1v) is 7.38. The second-order valence-electron chi connectivity index (χ2n) is 5.46. The summed E-state index contributed by atoms with van der Waals surface area (Å²) >= 11 is 0. The molecule has 2 aromatic rings. The molecule has 2 atom stereocenters. The van der Waals surface area contributed by atoms with Gasteiger partial charge in [-0.15, -0.1) is 12.4 Å². The Hall–Kier alpha value is -1.85. The number of rotatable bonds is 3. The van der Waals surface area contributed by atoms with Crippen molar-refractivity contribution < 1.29 is 4.79 Å². The fourth-order valence-corrected chi connectivity index (χ4v) is 2.68. The van der Waals surface area contributed by atoms with Gasteiger partial charge in [-0.25, -0.2) is 4.68 Å². The highest BCUT2D eigenvalue weighted by atomic mass is 35.5. The number of hydrogen-bond acceptors (Lipinski definition) is 3. The number of nitrogens with zero attached hydrogens (tertiary/aromatic N) is 2. The number of amides is 1. The Labute approximate surface area is 136 Å². The van der Waals surface area contributed by atoms with E-state index in [-0.39, 0.29) is 24.4 Å². The van der Waals surface area contributed by atoms with Crippen LogP contribution in [0.2, 0.25) is 0 Å². The summed E-state index contributed by atoms with van der Waals surface area (Å²) in [7, 11) is 0. The van der Waals surface area contributed by atoms with Gasteiger partial charge in [-0.3, -0.25) is 4.79 Å². The lowest BCUT2D eigenvalue weighted by atomic mass is 9.99. The maximum absolute atomic E-state index is 12.3. The predicted octanol–water partition coefficient (Wildman–Crippen LogP) is 2.16. The zero-order valence-corrected chi connectivity index (χ0v) is 13.3. The van der Waals surface area contributed by atoms with Crippen LogP contribution in [0.4, 0.5) is 0 Å². The molecule has 1 aliphatic heterocycles. The van der Waals surface area contributed by atoms with E-state index < -0.39 is 0 Å². The van der Waals surface area contributed by atoms with Gasteiger partial charge in [0.2, 0.25) is 0 Å². The Balaban J connectivity index is 0.00000176. The number of piperidine rings is 1. The van der Waals surface area contributed by atoms with E-state index in [2.05, 4.69) is 22.7 Å². The largest absolute Gasteiger partial charge is 0.348 e. The smallest absolute Gasteiger partial charge is 0.251 e. The summed E-state index contributed by atoms with van der Waals surface area (Å²) in [5.74, 6) is -0.0115. The minimum absolute atomic E-state index is 0. The van der Waals surface area contributed by atoms with Gasteiger partial charge >= 0.3 is 0 Å². The van der Waals surface area contributed by atoms with Gasteiger partial charge in [-0.2, -0.15) is 5.10 Å². The number of halogens is 1. The van der Waals surface area contributed by atoms with Crippen LogP contribution in [0.5, 0.6) is 0 Å². The maximum Gasteiger partial charge on any atom is 0.251 e. The lowest BCUT2D eigenvalue weighted by molar-refractivity contribution is 0.0920. The van der Waals surface area contributed by atoms with Crippen LogP contribution >= 0.6 is 12.4 Å². The fraction of sp³-hybridized carbons (Fsp3) is 0.375. The third-order valence-electron chi connectivity index (χ3n) is 3.98. The molecule has 6 heteroatoms. The molecule has 1 aromatic heterocycles. The van der Waals surface area contributed by atoms with Gasteiger partial charge in [0.05, 0.1) is 5.69 Å². The molecule has 1 aliphatic rings. The summed E-state index contributed by atoms with van der Waals surface area (Å²) in [5, 5.41) is 10.7. The molecule has 5 nitrogen and oxygen atoms in total. The Bertz CT molecular complexity index is 597. The molecule has 1 saturated heterocycles. The van der Waals surface area contributed by atoms with Crippen molar-refractivity contribution in [3.8, 4) is 5.69 Å². The maximum atomic E-state index is 12.3. The molecular formula is C16H21ClN4O. The summed E-state index contributed by atoms with van der Waals surface area (Å²) in [5.41, 5.74) is 1.63. The molecule has 2 heterocycles. The zero-order valence-electron chi connectivity index (χ0n) is 12.5. The second-order valence-corrected chi connectivity index (χ2v) is 5.46. The van der Waals surface area contributed by atoms with E-state index in [4.69, 9.17) is 0 Å². The lowest BCUT2D eigenvalue weighted by Crippen LogP contribution is -2.51. The summed E-state index contributed by atoms with van der Waals surface area (Å²) in [6, 6.07) is 9.90. The highest BCUT2D eigenvalue weighted by molar-refractivity contribution is 5.94. The monoisotopic (exact) mass is 320 g/mol. The molecule has 118 valence electrons. The number of carbonyl (C=O) groups excluding carboxylic acids is 1. The van der Waals surface area contributed by atoms with E-state index in [9.17, 15) is 4.79 Å². The van der Waals surface area contributed by atoms with E-state index in [0.717, 1.165) is 25.1 Å². The first kappa shape index (κ1) is 16.5. The molecule has 0 bridgehead atoms. The molecule has 3 rings (SSSR count). The Morgan fingerprint density at radius 3 is 2.77 bits per heavy atom. The van der Waals surface area contributed by atoms with E-state index in [1.807, 2.05) is 36.5 Å². The third-order valence-corrected chi connectivity index (χ3v) is 3.98. The van der Waals surface area contributed by atoms with Gasteiger partial charge in [0.25, 0.3) is 5.91 Å². The molecule has 2 N–H and O–H groups in total. The second kappa shape index (κ2) is 7.42. The summed E-state index contributed by atoms with van der Waals surface area (Å²) in [6.07, 6.45) is 5.75. The third kappa shape index (κ3) is 3.67. The van der Waals surface area contributed by atoms with Crippen molar-refractivity contribution in [2.75, 3.05) is 6.54 Å². The van der Waals surface area contributed by atoms with Gasteiger partial charge in [0.15, 0.2) is 0 Å². The van der Waals surface area contributed by atoms with E-state index >= 15 is 0 Å². The van der Waals surface area contributed by atoms with Crippen LogP contribution in [0, 0.1) is 0 Å². The van der Waals surface area contributed by atoms with Gasteiger partial charge in [0.1, 0.15) is 0 Å². The van der Waals surface area contributed by atoms with E-state index in [1.165, 1.54) is 0 Å². The average Bonchev–Trinajstić information content (AvgIpc) is 3.04. The van der Waals surface area contributed by atoms with Crippen LogP contribution in [0.15, 0.2) is 42.7 Å². The molecule has 1 aromatic carbocycles. The van der Waals surface area contributed by atoms with Gasteiger partial charge < -0.3 is 10.6 Å². The van der Waals surface area contributed by atoms with Crippen LogP contribution in [-0.4, -0.2) is 34.3 Å². The number of hydrogen-bond donors (Lipinski definition) is 2. The molecule has 22 heavy (non-hydrogen) atoms. The topological polar surface area (TPSA) is 58.9 Å². The van der Waals surface area contributed by atoms with Crippen molar-refractivity contribution in [3.05, 3.63) is 48.3 Å². The van der Waals surface area contributed by atoms with Crippen LogP contribution in [-0.2, 0) is 0 Å². The molecule has 1 amide bonds. The van der Waals surface area contributed by atoms with Crippen molar-refractivity contribution in [1.29, 1.82) is 0 Å². The Morgan fingerprint density at radius 2 is 2.14 bits per heavy atom. The molecule has 2 unspecified atom stereocenters. The van der Waals surface area contributed by atoms with Crippen LogP contribution in [0.3, 0.4) is 0 Å². The Kier molecular flexibility index (Phi) is 5.57. The quantitative estimate of drug-likeness (QED) is 0.911. The first-order chi connectivity index (χ1) is 10.2. The number of nitrogens with one attached hydrogen (secondary N) is 2. The van der Waals surface area contributed by atoms with Gasteiger partial charge in [-0.1, -0.05) is 0 Å². The minimum atomic E-state index is -0.0115. The van der Waals surface area contributed by atoms with Crippen LogP contribution < -0.4 is 10.6 Å². The fourth-order valence-electron chi connectivity index (χ4n) is 2.68. The SMILES string of the molecule is CC1NCCCC1NC(=O)c1ccc(-n2cccn2)cc1.Cl. The van der Waals surface area contributed by atoms with Crippen molar-refractivity contribution in [3.63, 3.8) is 0 Å². The van der Waals surface area contributed by atoms with Crippen molar-refractivity contribution in [1.82, 2.24) is 20.4 Å². The standard InChI is InChI=1S/C16H20N4O.ClH/c1-12-15(4-2-9-17-12)19-16(21)13-5-7-14(8-6-13)20-11-3-10-18-20;/h3,5-8,10-12,15,17H,2,4,9H2,1H3,(H,19,21);1H. The molecule has 1 fully saturated rings. The number of carbonyl (C=O) groups is 1. The van der Waals surface area contributed by atoms with Crippen molar-refractivity contribution in [2.45, 2.75) is 31.8 Å². The van der Waals surface area contributed by atoms with Gasteiger partial charge in [-0.05, 0) is 56.6 Å². The number of aromatic nitrogens is 2. The van der Waals surface area contributed by atoms with Gasteiger partial charge in [0, 0.05) is 30.0 Å². The summed E-state index contributed by atoms with van der Waals surface area (Å²) in [6.45, 7) is 3.15. The molecule has 0 radical (unpaired) electrons. The highest BCUT2D eigenvalue weighted by Crippen LogP contribution is 2.12. The zero-order chi connectivity index (χ0) is 14.7. The molecule has 0 spiro atoms. The minimum Gasteiger partial charge on any atom is -0.348 e. The lowest BCUT2D eigenvalue weighted by Gasteiger charge is -2.30. The average molecular weight is 321 g/mol. The highest BCUT2D eigenvalue weighted by Gasteiger charge is 2.22. The molecule has 0 aliphatic carbocycles. The first-order valence-electron chi connectivity index (χ1n) is 7.38. The van der Waals surface area contributed by atoms with E-state index in [0.29, 0.717) is 11.6 Å². The molecule has 0 saturated carbocycles. The summed E-state index contributed by atoms with van der Waals surface area (Å²) < 4.78 is 1.77. The van der Waals surface area contributed by atoms with Crippen molar-refractivity contribution in [2.24, 2.45) is 0 Å².